The van der Waals surface area contributed by atoms with Gasteiger partial charge >= 0.3 is 0 Å². The minimum absolute atomic E-state index is 0.569. The Morgan fingerprint density at radius 1 is 1.33 bits per heavy atom. The molecule has 2 atom stereocenters. The second-order valence-electron chi connectivity index (χ2n) is 4.67. The molecule has 3 fully saturated rings. The third-order valence-electron chi connectivity index (χ3n) is 4.13. The van der Waals surface area contributed by atoms with Gasteiger partial charge in [-0.25, -0.2) is 0 Å². The predicted molar refractivity (Wildman–Crippen MR) is 53.2 cm³/mol. The molecule has 2 heteroatoms. The van der Waals surface area contributed by atoms with Crippen molar-refractivity contribution in [2.75, 3.05) is 6.54 Å². The number of piperidine rings is 1. The lowest BCUT2D eigenvalue weighted by atomic mass is 9.88. The fourth-order valence-corrected chi connectivity index (χ4v) is 3.87. The summed E-state index contributed by atoms with van der Waals surface area (Å²) in [5, 5.41) is 0. The van der Waals surface area contributed by atoms with Crippen LogP contribution in [0.1, 0.15) is 38.5 Å². The number of hydrogen-bond acceptors (Lipinski definition) is 1. The minimum Gasteiger partial charge on any atom is -0.360 e. The molecule has 2 aliphatic heterocycles. The van der Waals surface area contributed by atoms with Crippen molar-refractivity contribution in [1.29, 1.82) is 0 Å². The van der Waals surface area contributed by atoms with E-state index in [4.69, 9.17) is 12.2 Å². The average molecular weight is 181 g/mol. The van der Waals surface area contributed by atoms with Crippen LogP contribution in [0.3, 0.4) is 0 Å². The summed E-state index contributed by atoms with van der Waals surface area (Å²) in [7, 11) is 0. The smallest absolute Gasteiger partial charge is 0.0784 e. The van der Waals surface area contributed by atoms with Crippen LogP contribution in [0.4, 0.5) is 0 Å². The number of rotatable bonds is 0. The predicted octanol–water partition coefficient (Wildman–Crippen LogP) is 2.35. The van der Waals surface area contributed by atoms with Gasteiger partial charge in [-0.3, -0.25) is 0 Å². The molecule has 2 heterocycles. The summed E-state index contributed by atoms with van der Waals surface area (Å²) in [6, 6.07) is 0. The zero-order chi connectivity index (χ0) is 8.18. The van der Waals surface area contributed by atoms with Gasteiger partial charge in [0.1, 0.15) is 0 Å². The summed E-state index contributed by atoms with van der Waals surface area (Å²) in [4.78, 5) is 3.82. The van der Waals surface area contributed by atoms with Crippen molar-refractivity contribution in [2.45, 2.75) is 44.1 Å². The molecule has 2 saturated heterocycles. The second-order valence-corrected chi connectivity index (χ2v) is 5.14. The van der Waals surface area contributed by atoms with Crippen molar-refractivity contribution < 1.29 is 0 Å². The molecule has 0 unspecified atom stereocenters. The van der Waals surface area contributed by atoms with Gasteiger partial charge in [-0.2, -0.15) is 0 Å². The third kappa shape index (κ3) is 0.769. The van der Waals surface area contributed by atoms with Crippen LogP contribution in [0.2, 0.25) is 0 Å². The maximum Gasteiger partial charge on any atom is 0.0784 e. The van der Waals surface area contributed by atoms with Crippen LogP contribution in [-0.2, 0) is 0 Å². The quantitative estimate of drug-likeness (QED) is 0.528. The van der Waals surface area contributed by atoms with Crippen LogP contribution in [0.25, 0.3) is 0 Å². The zero-order valence-electron chi connectivity index (χ0n) is 7.38. The van der Waals surface area contributed by atoms with E-state index in [9.17, 15) is 0 Å². The summed E-state index contributed by atoms with van der Waals surface area (Å²) in [5.41, 5.74) is 0.569. The highest BCUT2D eigenvalue weighted by atomic mass is 32.1. The molecule has 0 aromatic rings. The largest absolute Gasteiger partial charge is 0.360 e. The van der Waals surface area contributed by atoms with Crippen LogP contribution < -0.4 is 0 Å². The maximum atomic E-state index is 5.40. The fourth-order valence-electron chi connectivity index (χ4n) is 3.48. The SMILES string of the molecule is S=C1CC[C@@]23CC[C@@H](CCN12)C3. The molecule has 0 N–H and O–H groups in total. The Balaban J connectivity index is 1.98. The molecule has 1 nitrogen and oxygen atoms in total. The summed E-state index contributed by atoms with van der Waals surface area (Å²) in [5.74, 6) is 1.04. The molecule has 0 radical (unpaired) electrons. The molecular weight excluding hydrogens is 166 g/mol. The number of nitrogens with zero attached hydrogens (tertiary/aromatic N) is 1. The Morgan fingerprint density at radius 2 is 2.25 bits per heavy atom. The molecule has 0 amide bonds. The molecule has 66 valence electrons. The third-order valence-corrected chi connectivity index (χ3v) is 4.55. The summed E-state index contributed by atoms with van der Waals surface area (Å²) < 4.78 is 0. The highest BCUT2D eigenvalue weighted by Gasteiger charge is 2.50. The molecule has 3 aliphatic rings. The van der Waals surface area contributed by atoms with Crippen LogP contribution in [0, 0.1) is 5.92 Å². The highest BCUT2D eigenvalue weighted by molar-refractivity contribution is 7.80. The Bertz CT molecular complexity index is 238. The van der Waals surface area contributed by atoms with E-state index < -0.39 is 0 Å². The van der Waals surface area contributed by atoms with Crippen LogP contribution in [0.15, 0.2) is 0 Å². The Morgan fingerprint density at radius 3 is 3.17 bits per heavy atom. The first kappa shape index (κ1) is 7.31. The van der Waals surface area contributed by atoms with Gasteiger partial charge in [-0.1, -0.05) is 12.2 Å². The summed E-state index contributed by atoms with van der Waals surface area (Å²) in [6.45, 7) is 1.27. The summed E-state index contributed by atoms with van der Waals surface area (Å²) >= 11 is 5.40. The first-order valence-electron chi connectivity index (χ1n) is 5.11. The molecular formula is C10H15NS. The first-order valence-corrected chi connectivity index (χ1v) is 5.51. The maximum absolute atomic E-state index is 5.40. The zero-order valence-corrected chi connectivity index (χ0v) is 8.20. The van der Waals surface area contributed by atoms with Gasteiger partial charge in [0.15, 0.2) is 0 Å². The monoisotopic (exact) mass is 181 g/mol. The molecule has 1 spiro atoms. The van der Waals surface area contributed by atoms with Crippen molar-refractivity contribution in [3.63, 3.8) is 0 Å². The second kappa shape index (κ2) is 2.22. The number of thiocarbonyl (C=S) groups is 1. The molecule has 1 aliphatic carbocycles. The molecule has 12 heavy (non-hydrogen) atoms. The van der Waals surface area contributed by atoms with E-state index in [1.165, 1.54) is 50.1 Å². The van der Waals surface area contributed by atoms with E-state index in [1.807, 2.05) is 0 Å². The van der Waals surface area contributed by atoms with Gasteiger partial charge in [-0.15, -0.1) is 0 Å². The van der Waals surface area contributed by atoms with Crippen LogP contribution in [-0.4, -0.2) is 22.0 Å². The average Bonchev–Trinajstić information content (AvgIpc) is 2.57. The lowest BCUT2D eigenvalue weighted by Crippen LogP contribution is -2.46. The van der Waals surface area contributed by atoms with E-state index in [-0.39, 0.29) is 0 Å². The van der Waals surface area contributed by atoms with Gasteiger partial charge in [0.05, 0.1) is 4.99 Å². The van der Waals surface area contributed by atoms with Gasteiger partial charge < -0.3 is 4.90 Å². The molecule has 1 saturated carbocycles. The lowest BCUT2D eigenvalue weighted by Gasteiger charge is -2.40. The molecule has 0 aromatic carbocycles. The van der Waals surface area contributed by atoms with Crippen molar-refractivity contribution in [3.05, 3.63) is 0 Å². The highest BCUT2D eigenvalue weighted by Crippen LogP contribution is 2.50. The van der Waals surface area contributed by atoms with Crippen LogP contribution >= 0.6 is 12.2 Å². The van der Waals surface area contributed by atoms with Gasteiger partial charge in [-0.05, 0) is 38.0 Å². The lowest BCUT2D eigenvalue weighted by molar-refractivity contribution is 0.155. The standard InChI is InChI=1S/C10H15NS/c12-9-2-5-10-4-1-8(7-10)3-6-11(9)10/h8H,1-7H2/t8-,10+/m0/s1. The molecule has 2 bridgehead atoms. The Hall–Kier alpha value is -0.110. The normalized spacial score (nSPS) is 45.2. The summed E-state index contributed by atoms with van der Waals surface area (Å²) in [6.07, 6.45) is 8.32. The van der Waals surface area contributed by atoms with E-state index in [1.54, 1.807) is 0 Å². The topological polar surface area (TPSA) is 3.24 Å². The number of hydrogen-bond donors (Lipinski definition) is 0. The van der Waals surface area contributed by atoms with Crippen molar-refractivity contribution in [3.8, 4) is 0 Å². The van der Waals surface area contributed by atoms with Crippen molar-refractivity contribution in [2.24, 2.45) is 5.92 Å². The Kier molecular flexibility index (Phi) is 1.35. The minimum atomic E-state index is 0.569. The Labute approximate surface area is 79.1 Å². The number of fused-ring (bicyclic) bond motifs is 1. The van der Waals surface area contributed by atoms with Crippen LogP contribution in [0.5, 0.6) is 0 Å². The molecule has 0 aromatic heterocycles. The van der Waals surface area contributed by atoms with E-state index >= 15 is 0 Å². The van der Waals surface area contributed by atoms with Gasteiger partial charge in [0, 0.05) is 18.5 Å². The van der Waals surface area contributed by atoms with E-state index in [2.05, 4.69) is 4.90 Å². The molecule has 3 rings (SSSR count). The van der Waals surface area contributed by atoms with Crippen molar-refractivity contribution >= 4 is 17.2 Å². The first-order chi connectivity index (χ1) is 5.80. The fraction of sp³-hybridized carbons (Fsp3) is 0.900. The van der Waals surface area contributed by atoms with E-state index in [0.29, 0.717) is 5.54 Å². The van der Waals surface area contributed by atoms with Crippen molar-refractivity contribution in [1.82, 2.24) is 4.90 Å². The van der Waals surface area contributed by atoms with E-state index in [0.717, 1.165) is 5.92 Å². The van der Waals surface area contributed by atoms with Gasteiger partial charge in [0.25, 0.3) is 0 Å². The van der Waals surface area contributed by atoms with Gasteiger partial charge in [0.2, 0.25) is 0 Å².